The summed E-state index contributed by atoms with van der Waals surface area (Å²) in [5.74, 6) is -1.12. The van der Waals surface area contributed by atoms with Gasteiger partial charge in [0.25, 0.3) is 5.91 Å². The molecule has 128 valence electrons. The van der Waals surface area contributed by atoms with Crippen LogP contribution in [0, 0.1) is 31.0 Å². The molecule has 0 unspecified atom stereocenters. The highest BCUT2D eigenvalue weighted by molar-refractivity contribution is 6.04. The Morgan fingerprint density at radius 1 is 1.12 bits per heavy atom. The normalized spacial score (nSPS) is 10.2. The number of aromatic nitrogens is 3. The molecule has 0 radical (unpaired) electrons. The monoisotopic (exact) mass is 347 g/mol. The molecule has 1 amide bonds. The van der Waals surface area contributed by atoms with Gasteiger partial charge in [0.2, 0.25) is 0 Å². The Bertz CT molecular complexity index is 1000. The van der Waals surface area contributed by atoms with E-state index in [-0.39, 0.29) is 11.4 Å². The highest BCUT2D eigenvalue weighted by Gasteiger charge is 2.16. The zero-order valence-corrected chi connectivity index (χ0v) is 14.1. The molecule has 7 heteroatoms. The van der Waals surface area contributed by atoms with Crippen molar-refractivity contribution in [1.82, 2.24) is 15.0 Å². The number of anilines is 1. The standard InChI is InChI=1S/C19H14FN5O/c1-11-3-4-13(6-21)5-14(11)16-9-24-17(10-23-16)25-19(26)18-12(2)7-22-8-15(18)20/h3-5,7-10H,1-2H3,(H,24,25,26). The van der Waals surface area contributed by atoms with Crippen molar-refractivity contribution in [3.8, 4) is 17.3 Å². The summed E-state index contributed by atoms with van der Waals surface area (Å²) in [6, 6.07) is 7.38. The van der Waals surface area contributed by atoms with E-state index in [1.165, 1.54) is 18.6 Å². The van der Waals surface area contributed by atoms with Crippen molar-refractivity contribution in [1.29, 1.82) is 5.26 Å². The third kappa shape index (κ3) is 3.39. The average Bonchev–Trinajstić information content (AvgIpc) is 2.63. The number of aryl methyl sites for hydroxylation is 2. The molecular weight excluding hydrogens is 333 g/mol. The molecule has 0 aliphatic rings. The summed E-state index contributed by atoms with van der Waals surface area (Å²) in [4.78, 5) is 24.4. The summed E-state index contributed by atoms with van der Waals surface area (Å²) in [6.07, 6.45) is 5.29. The van der Waals surface area contributed by atoms with Gasteiger partial charge in [0.1, 0.15) is 0 Å². The Morgan fingerprint density at radius 2 is 1.92 bits per heavy atom. The minimum Gasteiger partial charge on any atom is -0.305 e. The van der Waals surface area contributed by atoms with Gasteiger partial charge in [0.15, 0.2) is 11.6 Å². The highest BCUT2D eigenvalue weighted by atomic mass is 19.1. The number of nitrogens with one attached hydrogen (secondary N) is 1. The van der Waals surface area contributed by atoms with E-state index in [0.29, 0.717) is 16.8 Å². The Kier molecular flexibility index (Phi) is 4.67. The van der Waals surface area contributed by atoms with Crippen molar-refractivity contribution in [3.63, 3.8) is 0 Å². The van der Waals surface area contributed by atoms with E-state index >= 15 is 0 Å². The zero-order chi connectivity index (χ0) is 18.7. The van der Waals surface area contributed by atoms with Gasteiger partial charge < -0.3 is 5.32 Å². The average molecular weight is 347 g/mol. The second-order valence-corrected chi connectivity index (χ2v) is 5.70. The number of hydrogen-bond acceptors (Lipinski definition) is 5. The maximum absolute atomic E-state index is 13.8. The molecule has 0 atom stereocenters. The summed E-state index contributed by atoms with van der Waals surface area (Å²) in [7, 11) is 0. The topological polar surface area (TPSA) is 91.6 Å². The van der Waals surface area contributed by atoms with Crippen LogP contribution in [0.4, 0.5) is 10.2 Å². The van der Waals surface area contributed by atoms with Crippen LogP contribution in [0.2, 0.25) is 0 Å². The summed E-state index contributed by atoms with van der Waals surface area (Å²) >= 11 is 0. The third-order valence-corrected chi connectivity index (χ3v) is 3.85. The quantitative estimate of drug-likeness (QED) is 0.784. The first-order valence-electron chi connectivity index (χ1n) is 7.74. The van der Waals surface area contributed by atoms with Crippen LogP contribution in [0.5, 0.6) is 0 Å². The smallest absolute Gasteiger partial charge is 0.260 e. The molecule has 1 aromatic carbocycles. The number of halogens is 1. The number of nitrogens with zero attached hydrogens (tertiary/aromatic N) is 4. The largest absolute Gasteiger partial charge is 0.305 e. The van der Waals surface area contributed by atoms with Crippen molar-refractivity contribution in [3.05, 3.63) is 71.1 Å². The Morgan fingerprint density at radius 3 is 2.58 bits per heavy atom. The number of rotatable bonds is 3. The van der Waals surface area contributed by atoms with Crippen LogP contribution in [-0.2, 0) is 0 Å². The van der Waals surface area contributed by atoms with Crippen molar-refractivity contribution >= 4 is 11.7 Å². The van der Waals surface area contributed by atoms with Gasteiger partial charge in [-0.1, -0.05) is 6.07 Å². The number of carbonyl (C=O) groups is 1. The van der Waals surface area contributed by atoms with Gasteiger partial charge in [0, 0.05) is 11.8 Å². The minimum absolute atomic E-state index is 0.0801. The maximum atomic E-state index is 13.8. The summed E-state index contributed by atoms with van der Waals surface area (Å²) in [6.45, 7) is 3.51. The fourth-order valence-electron chi connectivity index (χ4n) is 2.50. The van der Waals surface area contributed by atoms with Gasteiger partial charge >= 0.3 is 0 Å². The molecule has 0 bridgehead atoms. The van der Waals surface area contributed by atoms with E-state index in [1.54, 1.807) is 19.1 Å². The van der Waals surface area contributed by atoms with Crippen molar-refractivity contribution in [2.24, 2.45) is 0 Å². The second kappa shape index (κ2) is 7.07. The van der Waals surface area contributed by atoms with Crippen LogP contribution < -0.4 is 5.32 Å². The number of benzene rings is 1. The zero-order valence-electron chi connectivity index (χ0n) is 14.1. The number of hydrogen-bond donors (Lipinski definition) is 1. The molecular formula is C19H14FN5O. The lowest BCUT2D eigenvalue weighted by molar-refractivity contribution is 0.102. The number of nitriles is 1. The number of pyridine rings is 1. The van der Waals surface area contributed by atoms with Crippen LogP contribution in [0.3, 0.4) is 0 Å². The fraction of sp³-hybridized carbons (Fsp3) is 0.105. The summed E-state index contributed by atoms with van der Waals surface area (Å²) < 4.78 is 13.8. The van der Waals surface area contributed by atoms with Crippen molar-refractivity contribution < 1.29 is 9.18 Å². The molecule has 0 spiro atoms. The molecule has 1 N–H and O–H groups in total. The van der Waals surface area contributed by atoms with Crippen LogP contribution in [0.1, 0.15) is 27.0 Å². The molecule has 0 saturated carbocycles. The molecule has 3 aromatic rings. The molecule has 2 heterocycles. The van der Waals surface area contributed by atoms with E-state index in [2.05, 4.69) is 26.3 Å². The number of carbonyl (C=O) groups excluding carboxylic acids is 1. The molecule has 0 aliphatic carbocycles. The van der Waals surface area contributed by atoms with Crippen LogP contribution in [0.15, 0.2) is 43.0 Å². The van der Waals surface area contributed by atoms with Crippen LogP contribution >= 0.6 is 0 Å². The fourth-order valence-corrected chi connectivity index (χ4v) is 2.50. The van der Waals surface area contributed by atoms with Gasteiger partial charge in [-0.25, -0.2) is 9.37 Å². The van der Waals surface area contributed by atoms with Crippen molar-refractivity contribution in [2.45, 2.75) is 13.8 Å². The van der Waals surface area contributed by atoms with E-state index in [1.807, 2.05) is 13.0 Å². The molecule has 0 saturated heterocycles. The van der Waals surface area contributed by atoms with E-state index in [4.69, 9.17) is 5.26 Å². The molecule has 0 fully saturated rings. The molecule has 3 rings (SSSR count). The molecule has 6 nitrogen and oxygen atoms in total. The van der Waals surface area contributed by atoms with Gasteiger partial charge in [-0.3, -0.25) is 14.8 Å². The third-order valence-electron chi connectivity index (χ3n) is 3.85. The first-order valence-corrected chi connectivity index (χ1v) is 7.74. The van der Waals surface area contributed by atoms with Crippen molar-refractivity contribution in [2.75, 3.05) is 5.32 Å². The minimum atomic E-state index is -0.698. The van der Waals surface area contributed by atoms with E-state index in [0.717, 1.165) is 17.3 Å². The van der Waals surface area contributed by atoms with E-state index < -0.39 is 11.7 Å². The molecule has 0 aliphatic heterocycles. The molecule has 2 aromatic heterocycles. The maximum Gasteiger partial charge on any atom is 0.260 e. The van der Waals surface area contributed by atoms with Gasteiger partial charge in [-0.15, -0.1) is 0 Å². The van der Waals surface area contributed by atoms with Crippen LogP contribution in [0.25, 0.3) is 11.3 Å². The SMILES string of the molecule is Cc1ccc(C#N)cc1-c1cnc(NC(=O)c2c(C)cncc2F)cn1. The van der Waals surface area contributed by atoms with E-state index in [9.17, 15) is 9.18 Å². The second-order valence-electron chi connectivity index (χ2n) is 5.70. The Balaban J connectivity index is 1.85. The van der Waals surface area contributed by atoms with Gasteiger partial charge in [-0.05, 0) is 37.1 Å². The lowest BCUT2D eigenvalue weighted by Crippen LogP contribution is -2.16. The first-order chi connectivity index (χ1) is 12.5. The Labute approximate surface area is 149 Å². The lowest BCUT2D eigenvalue weighted by Gasteiger charge is -2.09. The predicted molar refractivity (Wildman–Crippen MR) is 93.8 cm³/mol. The van der Waals surface area contributed by atoms with Crippen LogP contribution in [-0.4, -0.2) is 20.9 Å². The predicted octanol–water partition coefficient (Wildman–Crippen LogP) is 3.42. The number of amides is 1. The molecule has 26 heavy (non-hydrogen) atoms. The van der Waals surface area contributed by atoms with Gasteiger partial charge in [-0.2, -0.15) is 5.26 Å². The lowest BCUT2D eigenvalue weighted by atomic mass is 10.0. The summed E-state index contributed by atoms with van der Waals surface area (Å²) in [5.41, 5.74) is 3.17. The van der Waals surface area contributed by atoms with Gasteiger partial charge in [0.05, 0.1) is 41.5 Å². The first kappa shape index (κ1) is 17.2. The Hall–Kier alpha value is -3.66. The summed E-state index contributed by atoms with van der Waals surface area (Å²) in [5, 5.41) is 11.6. The highest BCUT2D eigenvalue weighted by Crippen LogP contribution is 2.23.